The summed E-state index contributed by atoms with van der Waals surface area (Å²) in [5, 5.41) is 13.8. The van der Waals surface area contributed by atoms with Crippen LogP contribution in [0.15, 0.2) is 29.6 Å². The second-order valence-corrected chi connectivity index (χ2v) is 1.62. The van der Waals surface area contributed by atoms with Crippen LogP contribution in [0.1, 0.15) is 0 Å². The first-order valence-electron chi connectivity index (χ1n) is 2.59. The van der Waals surface area contributed by atoms with Crippen molar-refractivity contribution in [1.82, 2.24) is 4.91 Å². The Morgan fingerprint density at radius 3 is 2.60 bits per heavy atom. The van der Waals surface area contributed by atoms with Crippen LogP contribution in [-0.2, 0) is 0 Å². The van der Waals surface area contributed by atoms with Crippen LogP contribution >= 0.6 is 0 Å². The number of hydrogen-bond donors (Lipinski definition) is 1. The fraction of sp³-hybridized carbons (Fsp3) is 0. The van der Waals surface area contributed by atoms with Crippen molar-refractivity contribution in [2.75, 3.05) is 0 Å². The molecule has 1 rings (SSSR count). The van der Waals surface area contributed by atoms with Gasteiger partial charge >= 0.3 is 0 Å². The minimum absolute atomic E-state index is 0.502. The summed E-state index contributed by atoms with van der Waals surface area (Å²) >= 11 is 0. The summed E-state index contributed by atoms with van der Waals surface area (Å²) in [6, 6.07) is 2.95. The fourth-order valence-corrected chi connectivity index (χ4v) is 0.529. The van der Waals surface area contributed by atoms with Gasteiger partial charge in [-0.3, -0.25) is 0 Å². The van der Waals surface area contributed by atoms with Gasteiger partial charge in [-0.2, -0.15) is 4.73 Å². The molecule has 0 radical (unpaired) electrons. The summed E-state index contributed by atoms with van der Waals surface area (Å²) < 4.78 is 0.642. The molecule has 1 N–H and O–H groups in total. The van der Waals surface area contributed by atoms with Crippen LogP contribution in [0.2, 0.25) is 0 Å². The molecule has 0 aromatic carbocycles. The molecule has 1 aromatic heterocycles. The van der Waals surface area contributed by atoms with E-state index in [9.17, 15) is 5.21 Å². The van der Waals surface area contributed by atoms with Crippen molar-refractivity contribution in [1.29, 1.82) is 5.53 Å². The van der Waals surface area contributed by atoms with E-state index in [4.69, 9.17) is 5.53 Å². The van der Waals surface area contributed by atoms with Crippen LogP contribution in [0, 0.1) is 10.7 Å². The van der Waals surface area contributed by atoms with Gasteiger partial charge in [0, 0.05) is 12.1 Å². The average molecular weight is 137 g/mol. The summed E-state index contributed by atoms with van der Waals surface area (Å²) in [5.74, 6) is 0. The van der Waals surface area contributed by atoms with Gasteiger partial charge in [-0.1, -0.05) is 0 Å². The van der Waals surface area contributed by atoms with Crippen LogP contribution in [0.5, 0.6) is 0 Å². The smallest absolute Gasteiger partial charge is 0.220 e. The zero-order chi connectivity index (χ0) is 7.40. The Hall–Kier alpha value is -1.74. The van der Waals surface area contributed by atoms with E-state index >= 15 is 0 Å². The van der Waals surface area contributed by atoms with Crippen molar-refractivity contribution in [3.8, 4) is 0 Å². The Kier molecular flexibility index (Phi) is 1.72. The number of hydrogen-bond acceptors (Lipinski definition) is 3. The van der Waals surface area contributed by atoms with Crippen molar-refractivity contribution >= 4 is 5.69 Å². The van der Waals surface area contributed by atoms with Crippen molar-refractivity contribution in [2.24, 2.45) is 5.11 Å². The fourth-order valence-electron chi connectivity index (χ4n) is 0.529. The van der Waals surface area contributed by atoms with Gasteiger partial charge in [0.05, 0.1) is 0 Å². The Morgan fingerprint density at radius 2 is 2.10 bits per heavy atom. The van der Waals surface area contributed by atoms with Crippen molar-refractivity contribution in [2.45, 2.75) is 0 Å². The minimum Gasteiger partial charge on any atom is -0.619 e. The Labute approximate surface area is 56.7 Å². The second-order valence-electron chi connectivity index (χ2n) is 1.62. The maximum absolute atomic E-state index is 10.4. The monoisotopic (exact) mass is 137 g/mol. The van der Waals surface area contributed by atoms with Crippen molar-refractivity contribution in [3.05, 3.63) is 29.7 Å². The number of nitrogens with one attached hydrogen (secondary N) is 1. The van der Waals surface area contributed by atoms with Gasteiger partial charge in [0.2, 0.25) is 4.91 Å². The lowest BCUT2D eigenvalue weighted by Crippen LogP contribution is -2.22. The molecule has 10 heavy (non-hydrogen) atoms. The first-order chi connectivity index (χ1) is 4.83. The van der Waals surface area contributed by atoms with E-state index < -0.39 is 0 Å². The van der Waals surface area contributed by atoms with Crippen LogP contribution in [0.3, 0.4) is 0 Å². The first-order valence-corrected chi connectivity index (χ1v) is 2.59. The number of nitrogens with zero attached hydrogens (tertiary/aromatic N) is 3. The maximum Gasteiger partial charge on any atom is 0.220 e. The molecule has 0 unspecified atom stereocenters. The second kappa shape index (κ2) is 2.70. The quantitative estimate of drug-likeness (QED) is 0.260. The third-order valence-corrected chi connectivity index (χ3v) is 0.950. The molecule has 1 aromatic rings. The largest absolute Gasteiger partial charge is 0.619 e. The highest BCUT2D eigenvalue weighted by Crippen LogP contribution is 2.04. The number of rotatable bonds is 1. The van der Waals surface area contributed by atoms with Crippen molar-refractivity contribution < 1.29 is 4.73 Å². The van der Waals surface area contributed by atoms with Crippen LogP contribution in [0.25, 0.3) is 0 Å². The molecule has 0 spiro atoms. The molecule has 0 atom stereocenters. The molecule has 0 saturated heterocycles. The van der Waals surface area contributed by atoms with Crippen LogP contribution in [-0.4, -0.2) is 0 Å². The lowest BCUT2D eigenvalue weighted by molar-refractivity contribution is -0.605. The van der Waals surface area contributed by atoms with E-state index in [-0.39, 0.29) is 0 Å². The molecule has 0 aliphatic rings. The van der Waals surface area contributed by atoms with E-state index in [1.807, 2.05) is 0 Å². The lowest BCUT2D eigenvalue weighted by atomic mass is 10.4. The van der Waals surface area contributed by atoms with Crippen LogP contribution < -0.4 is 9.64 Å². The molecule has 0 saturated carbocycles. The predicted molar refractivity (Wildman–Crippen MR) is 32.3 cm³/mol. The third-order valence-electron chi connectivity index (χ3n) is 0.950. The molecule has 0 aliphatic carbocycles. The van der Waals surface area contributed by atoms with E-state index in [2.05, 4.69) is 10.0 Å². The highest BCUT2D eigenvalue weighted by Gasteiger charge is 1.95. The highest BCUT2D eigenvalue weighted by molar-refractivity contribution is 5.30. The first kappa shape index (κ1) is 6.38. The molecule has 5 heteroatoms. The zero-order valence-corrected chi connectivity index (χ0v) is 5.06. The normalized spacial score (nSPS) is 8.40. The summed E-state index contributed by atoms with van der Waals surface area (Å²) in [6.07, 6.45) is 2.59. The van der Waals surface area contributed by atoms with Gasteiger partial charge in [0.25, 0.3) is 0 Å². The minimum atomic E-state index is 0.502. The van der Waals surface area contributed by atoms with Gasteiger partial charge in [-0.05, 0) is 0 Å². The molecule has 0 fully saturated rings. The maximum atomic E-state index is 10.4. The Morgan fingerprint density at radius 1 is 1.50 bits per heavy atom. The van der Waals surface area contributed by atoms with E-state index in [1.165, 1.54) is 24.5 Å². The molecule has 5 nitrogen and oxygen atoms in total. The average Bonchev–Trinajstić information content (AvgIpc) is 1.95. The SMILES string of the molecule is N=[N+]=Nc1cc[n+]([O-])cc1. The summed E-state index contributed by atoms with van der Waals surface area (Å²) in [5.41, 5.74) is 6.87. The van der Waals surface area contributed by atoms with E-state index in [0.717, 1.165) is 0 Å². The van der Waals surface area contributed by atoms with Gasteiger partial charge in [0.1, 0.15) is 5.53 Å². The molecule has 0 aliphatic heterocycles. The number of pyridine rings is 1. The molecule has 0 amide bonds. The summed E-state index contributed by atoms with van der Waals surface area (Å²) in [4.78, 5) is 2.80. The Balaban J connectivity index is 3.00. The topological polar surface area (TPSA) is 77.2 Å². The predicted octanol–water partition coefficient (Wildman–Crippen LogP) is 0.502. The Bertz CT molecular complexity index is 261. The lowest BCUT2D eigenvalue weighted by Gasteiger charge is -1.89. The number of aromatic nitrogens is 1. The highest BCUT2D eigenvalue weighted by atomic mass is 16.5. The van der Waals surface area contributed by atoms with Gasteiger partial charge in [0.15, 0.2) is 23.2 Å². The van der Waals surface area contributed by atoms with Gasteiger partial charge in [-0.15, -0.1) is 0 Å². The summed E-state index contributed by atoms with van der Waals surface area (Å²) in [7, 11) is 0. The summed E-state index contributed by atoms with van der Waals surface area (Å²) in [6.45, 7) is 0. The molecular weight excluding hydrogens is 132 g/mol. The molecule has 50 valence electrons. The van der Waals surface area contributed by atoms with Gasteiger partial charge < -0.3 is 5.21 Å². The molecular formula is C5H5N4O+. The molecule has 1 heterocycles. The van der Waals surface area contributed by atoms with Crippen LogP contribution in [0.4, 0.5) is 5.69 Å². The van der Waals surface area contributed by atoms with E-state index in [1.54, 1.807) is 0 Å². The standard InChI is InChI=1S/C5H5N4O/c6-8-7-5-1-3-9(10)4-2-5/h1-4,6H/q+1. The third kappa shape index (κ3) is 1.37. The van der Waals surface area contributed by atoms with Crippen molar-refractivity contribution in [3.63, 3.8) is 0 Å². The van der Waals surface area contributed by atoms with E-state index in [0.29, 0.717) is 10.4 Å². The molecule has 0 bridgehead atoms. The van der Waals surface area contributed by atoms with Gasteiger partial charge in [-0.25, -0.2) is 0 Å². The zero-order valence-electron chi connectivity index (χ0n) is 5.06.